The molecule has 4 nitrogen and oxygen atoms in total. The summed E-state index contributed by atoms with van der Waals surface area (Å²) < 4.78 is 7.44. The first kappa shape index (κ1) is 12.0. The van der Waals surface area contributed by atoms with Crippen LogP contribution >= 0.6 is 11.6 Å². The number of rotatable bonds is 4. The van der Waals surface area contributed by atoms with Gasteiger partial charge in [0.15, 0.2) is 11.5 Å². The molecule has 0 bridgehead atoms. The van der Waals surface area contributed by atoms with Crippen LogP contribution in [0.2, 0.25) is 5.02 Å². The molecule has 5 heteroatoms. The third kappa shape index (κ3) is 2.78. The Hall–Kier alpha value is -1.52. The van der Waals surface area contributed by atoms with Crippen LogP contribution in [0.25, 0.3) is 0 Å². The molecule has 0 aliphatic rings. The molecule has 0 saturated carbocycles. The molecule has 1 N–H and O–H groups in total. The first-order valence-corrected chi connectivity index (χ1v) is 5.67. The van der Waals surface area contributed by atoms with Crippen LogP contribution in [0.15, 0.2) is 30.6 Å². The Balaban J connectivity index is 2.30. The minimum absolute atomic E-state index is 0.599. The maximum Gasteiger partial charge on any atom is 0.165 e. The lowest BCUT2D eigenvalue weighted by atomic mass is 10.2. The van der Waals surface area contributed by atoms with Crippen LogP contribution in [0.3, 0.4) is 0 Å². The molecule has 1 aromatic carbocycles. The van der Waals surface area contributed by atoms with E-state index in [4.69, 9.17) is 16.3 Å². The Kier molecular flexibility index (Phi) is 3.66. The number of para-hydroxylation sites is 1. The van der Waals surface area contributed by atoms with Gasteiger partial charge >= 0.3 is 0 Å². The second-order valence-corrected chi connectivity index (χ2v) is 4.12. The lowest BCUT2D eigenvalue weighted by molar-refractivity contribution is 0.474. The number of hydrogen-bond acceptors (Lipinski definition) is 3. The van der Waals surface area contributed by atoms with Crippen LogP contribution in [0.5, 0.6) is 11.5 Å². The van der Waals surface area contributed by atoms with Crippen LogP contribution in [-0.2, 0) is 13.6 Å². The van der Waals surface area contributed by atoms with Crippen molar-refractivity contribution in [3.8, 4) is 11.5 Å². The largest absolute Gasteiger partial charge is 0.452 e. The van der Waals surface area contributed by atoms with Gasteiger partial charge in [0.05, 0.1) is 17.4 Å². The summed E-state index contributed by atoms with van der Waals surface area (Å²) in [4.78, 5) is 0. The van der Waals surface area contributed by atoms with Gasteiger partial charge in [-0.1, -0.05) is 23.7 Å². The van der Waals surface area contributed by atoms with Gasteiger partial charge in [-0.05, 0) is 13.1 Å². The number of aryl methyl sites for hydroxylation is 1. The number of nitrogens with one attached hydrogen (secondary N) is 1. The Morgan fingerprint density at radius 3 is 2.94 bits per heavy atom. The highest BCUT2D eigenvalue weighted by atomic mass is 35.5. The van der Waals surface area contributed by atoms with E-state index >= 15 is 0 Å². The van der Waals surface area contributed by atoms with Gasteiger partial charge in [-0.2, -0.15) is 5.10 Å². The summed E-state index contributed by atoms with van der Waals surface area (Å²) in [6.45, 7) is 0.705. The number of halogens is 1. The smallest absolute Gasteiger partial charge is 0.165 e. The van der Waals surface area contributed by atoms with Gasteiger partial charge in [0.25, 0.3) is 0 Å². The minimum Gasteiger partial charge on any atom is -0.452 e. The van der Waals surface area contributed by atoms with E-state index in [2.05, 4.69) is 10.4 Å². The van der Waals surface area contributed by atoms with Crippen molar-refractivity contribution < 1.29 is 4.74 Å². The van der Waals surface area contributed by atoms with E-state index in [0.717, 1.165) is 5.56 Å². The van der Waals surface area contributed by atoms with Crippen LogP contribution in [0.1, 0.15) is 5.56 Å². The SMILES string of the molecule is CNCc1cccc(Cl)c1Oc1cnn(C)c1. The van der Waals surface area contributed by atoms with Crippen molar-refractivity contribution >= 4 is 11.6 Å². The number of nitrogens with zero attached hydrogens (tertiary/aromatic N) is 2. The van der Waals surface area contributed by atoms with Crippen molar-refractivity contribution in [2.24, 2.45) is 7.05 Å². The number of benzene rings is 1. The topological polar surface area (TPSA) is 39.1 Å². The molecule has 2 rings (SSSR count). The molecule has 2 aromatic rings. The fraction of sp³-hybridized carbons (Fsp3) is 0.250. The average Bonchev–Trinajstić information content (AvgIpc) is 2.70. The predicted molar refractivity (Wildman–Crippen MR) is 67.5 cm³/mol. The molecule has 1 heterocycles. The zero-order valence-electron chi connectivity index (χ0n) is 9.77. The number of aromatic nitrogens is 2. The summed E-state index contributed by atoms with van der Waals surface area (Å²) in [6, 6.07) is 5.70. The van der Waals surface area contributed by atoms with Gasteiger partial charge in [-0.15, -0.1) is 0 Å². The van der Waals surface area contributed by atoms with E-state index in [0.29, 0.717) is 23.1 Å². The maximum atomic E-state index is 6.14. The van der Waals surface area contributed by atoms with Gasteiger partial charge < -0.3 is 10.1 Å². The van der Waals surface area contributed by atoms with E-state index in [1.807, 2.05) is 32.3 Å². The average molecular weight is 252 g/mol. The summed E-state index contributed by atoms with van der Waals surface area (Å²) in [5.74, 6) is 1.36. The molecule has 0 aliphatic heterocycles. The van der Waals surface area contributed by atoms with Crippen molar-refractivity contribution in [2.75, 3.05) is 7.05 Å². The summed E-state index contributed by atoms with van der Waals surface area (Å²) in [7, 11) is 3.72. The van der Waals surface area contributed by atoms with E-state index in [1.54, 1.807) is 17.1 Å². The minimum atomic E-state index is 0.599. The molecular weight excluding hydrogens is 238 g/mol. The first-order valence-electron chi connectivity index (χ1n) is 5.29. The molecule has 17 heavy (non-hydrogen) atoms. The summed E-state index contributed by atoms with van der Waals surface area (Å²) in [5.41, 5.74) is 1.02. The number of ether oxygens (including phenoxy) is 1. The molecule has 0 amide bonds. The molecule has 0 fully saturated rings. The van der Waals surface area contributed by atoms with Crippen molar-refractivity contribution in [2.45, 2.75) is 6.54 Å². The van der Waals surface area contributed by atoms with Crippen molar-refractivity contribution in [1.82, 2.24) is 15.1 Å². The van der Waals surface area contributed by atoms with Gasteiger partial charge in [0.2, 0.25) is 0 Å². The molecule has 0 spiro atoms. The van der Waals surface area contributed by atoms with Gasteiger partial charge in [0.1, 0.15) is 0 Å². The zero-order valence-corrected chi connectivity index (χ0v) is 10.5. The highest BCUT2D eigenvalue weighted by Gasteiger charge is 2.09. The van der Waals surface area contributed by atoms with E-state index in [-0.39, 0.29) is 0 Å². The Labute approximate surface area is 105 Å². The van der Waals surface area contributed by atoms with Gasteiger partial charge in [0, 0.05) is 19.2 Å². The summed E-state index contributed by atoms with van der Waals surface area (Å²) in [5, 5.41) is 7.73. The maximum absolute atomic E-state index is 6.14. The standard InChI is InChI=1S/C12H14ClN3O/c1-14-6-9-4-3-5-11(13)12(9)17-10-7-15-16(2)8-10/h3-5,7-8,14H,6H2,1-2H3. The molecule has 0 atom stereocenters. The van der Waals surface area contributed by atoms with Crippen molar-refractivity contribution in [3.05, 3.63) is 41.2 Å². The summed E-state index contributed by atoms with van der Waals surface area (Å²) in [6.07, 6.45) is 3.46. The molecule has 0 radical (unpaired) electrons. The van der Waals surface area contributed by atoms with Crippen LogP contribution in [-0.4, -0.2) is 16.8 Å². The van der Waals surface area contributed by atoms with Crippen LogP contribution < -0.4 is 10.1 Å². The Morgan fingerprint density at radius 2 is 2.29 bits per heavy atom. The first-order chi connectivity index (χ1) is 8.20. The molecule has 0 saturated heterocycles. The van der Waals surface area contributed by atoms with Crippen molar-refractivity contribution in [3.63, 3.8) is 0 Å². The summed E-state index contributed by atoms with van der Waals surface area (Å²) >= 11 is 6.14. The second kappa shape index (κ2) is 5.21. The lowest BCUT2D eigenvalue weighted by Gasteiger charge is -2.11. The molecular formula is C12H14ClN3O. The van der Waals surface area contributed by atoms with Crippen molar-refractivity contribution in [1.29, 1.82) is 0 Å². The van der Waals surface area contributed by atoms with Gasteiger partial charge in [-0.3, -0.25) is 4.68 Å². The Morgan fingerprint density at radius 1 is 1.47 bits per heavy atom. The Bertz CT molecular complexity index is 510. The van der Waals surface area contributed by atoms with Crippen LogP contribution in [0.4, 0.5) is 0 Å². The van der Waals surface area contributed by atoms with Crippen LogP contribution in [0, 0.1) is 0 Å². The van der Waals surface area contributed by atoms with E-state index < -0.39 is 0 Å². The lowest BCUT2D eigenvalue weighted by Crippen LogP contribution is -2.06. The van der Waals surface area contributed by atoms with E-state index in [9.17, 15) is 0 Å². The monoisotopic (exact) mass is 251 g/mol. The third-order valence-electron chi connectivity index (χ3n) is 2.32. The highest BCUT2D eigenvalue weighted by molar-refractivity contribution is 6.32. The predicted octanol–water partition coefficient (Wildman–Crippen LogP) is 2.59. The zero-order chi connectivity index (χ0) is 12.3. The molecule has 90 valence electrons. The quantitative estimate of drug-likeness (QED) is 0.908. The normalized spacial score (nSPS) is 10.5. The second-order valence-electron chi connectivity index (χ2n) is 3.71. The fourth-order valence-electron chi connectivity index (χ4n) is 1.57. The molecule has 1 aromatic heterocycles. The van der Waals surface area contributed by atoms with E-state index in [1.165, 1.54) is 0 Å². The third-order valence-corrected chi connectivity index (χ3v) is 2.61. The fourth-order valence-corrected chi connectivity index (χ4v) is 1.80. The molecule has 0 aliphatic carbocycles. The highest BCUT2D eigenvalue weighted by Crippen LogP contribution is 2.32. The number of hydrogen-bond donors (Lipinski definition) is 1. The molecule has 0 unspecified atom stereocenters. The van der Waals surface area contributed by atoms with Gasteiger partial charge in [-0.25, -0.2) is 0 Å².